The van der Waals surface area contributed by atoms with Crippen molar-refractivity contribution in [1.82, 2.24) is 0 Å². The van der Waals surface area contributed by atoms with E-state index in [0.29, 0.717) is 23.0 Å². The first-order chi connectivity index (χ1) is 12.0. The van der Waals surface area contributed by atoms with E-state index in [-0.39, 0.29) is 24.7 Å². The van der Waals surface area contributed by atoms with Crippen LogP contribution in [0, 0.1) is 0 Å². The van der Waals surface area contributed by atoms with Crippen molar-refractivity contribution in [2.75, 3.05) is 24.3 Å². The molecule has 7 heteroatoms. The molecule has 0 aliphatic heterocycles. The molecule has 132 valence electrons. The number of ether oxygens (including phenoxy) is 1. The summed E-state index contributed by atoms with van der Waals surface area (Å²) in [5, 5.41) is 6.51. The average molecular weight is 362 g/mol. The van der Waals surface area contributed by atoms with E-state index in [1.165, 1.54) is 0 Å². The van der Waals surface area contributed by atoms with Crippen LogP contribution in [-0.2, 0) is 16.0 Å². The third kappa shape index (κ3) is 6.00. The molecule has 0 fully saturated rings. The third-order valence-corrected chi connectivity index (χ3v) is 3.68. The predicted molar refractivity (Wildman–Crippen MR) is 99.1 cm³/mol. The maximum absolute atomic E-state index is 12.0. The molecule has 2 amide bonds. The monoisotopic (exact) mass is 361 g/mol. The minimum Gasteiger partial charge on any atom is -0.495 e. The molecule has 2 aromatic rings. The average Bonchev–Trinajstić information content (AvgIpc) is 2.56. The van der Waals surface area contributed by atoms with E-state index in [0.717, 1.165) is 11.3 Å². The summed E-state index contributed by atoms with van der Waals surface area (Å²) in [4.78, 5) is 22.9. The number of carbonyl (C=O) groups excluding carboxylic acids is 2. The number of benzene rings is 2. The molecule has 6 nitrogen and oxygen atoms in total. The normalized spacial score (nSPS) is 10.2. The standard InChI is InChI=1S/C18H20ClN3O3/c1-25-16-7-4-13(19)11-15(16)21-9-8-18(24)22-14-5-2-12(3-6-14)10-17(20)23/h2-7,11,21H,8-10H2,1H3,(H2,20,23)(H,22,24). The van der Waals surface area contributed by atoms with Crippen LogP contribution in [0.4, 0.5) is 11.4 Å². The Morgan fingerprint density at radius 3 is 2.52 bits per heavy atom. The van der Waals surface area contributed by atoms with Crippen LogP contribution in [0.15, 0.2) is 42.5 Å². The Bertz CT molecular complexity index is 748. The molecule has 0 saturated carbocycles. The third-order valence-electron chi connectivity index (χ3n) is 3.45. The van der Waals surface area contributed by atoms with E-state index < -0.39 is 0 Å². The lowest BCUT2D eigenvalue weighted by atomic mass is 10.1. The molecule has 0 aliphatic carbocycles. The van der Waals surface area contributed by atoms with Crippen molar-refractivity contribution in [2.24, 2.45) is 5.73 Å². The second-order valence-electron chi connectivity index (χ2n) is 5.41. The highest BCUT2D eigenvalue weighted by Gasteiger charge is 2.06. The van der Waals surface area contributed by atoms with E-state index in [2.05, 4.69) is 10.6 Å². The second kappa shape index (κ2) is 8.94. The molecule has 2 aromatic carbocycles. The van der Waals surface area contributed by atoms with Gasteiger partial charge in [-0.3, -0.25) is 9.59 Å². The van der Waals surface area contributed by atoms with Gasteiger partial charge in [0.1, 0.15) is 5.75 Å². The SMILES string of the molecule is COc1ccc(Cl)cc1NCCC(=O)Nc1ccc(CC(N)=O)cc1. The smallest absolute Gasteiger partial charge is 0.226 e. The van der Waals surface area contributed by atoms with Gasteiger partial charge >= 0.3 is 0 Å². The van der Waals surface area contributed by atoms with Gasteiger partial charge in [-0.25, -0.2) is 0 Å². The van der Waals surface area contributed by atoms with Crippen LogP contribution in [0.25, 0.3) is 0 Å². The van der Waals surface area contributed by atoms with Gasteiger partial charge in [-0.2, -0.15) is 0 Å². The summed E-state index contributed by atoms with van der Waals surface area (Å²) in [7, 11) is 1.57. The number of hydrogen-bond donors (Lipinski definition) is 3. The lowest BCUT2D eigenvalue weighted by Crippen LogP contribution is -2.16. The Morgan fingerprint density at radius 2 is 1.88 bits per heavy atom. The van der Waals surface area contributed by atoms with Crippen LogP contribution >= 0.6 is 11.6 Å². The largest absolute Gasteiger partial charge is 0.495 e. The Balaban J connectivity index is 1.83. The Labute approximate surface area is 151 Å². The van der Waals surface area contributed by atoms with Crippen molar-refractivity contribution in [3.63, 3.8) is 0 Å². The summed E-state index contributed by atoms with van der Waals surface area (Å²) in [5.74, 6) is 0.144. The number of nitrogens with one attached hydrogen (secondary N) is 2. The fourth-order valence-electron chi connectivity index (χ4n) is 2.26. The van der Waals surface area contributed by atoms with Crippen LogP contribution in [0.1, 0.15) is 12.0 Å². The zero-order valence-electron chi connectivity index (χ0n) is 13.8. The van der Waals surface area contributed by atoms with E-state index in [1.54, 1.807) is 49.6 Å². The highest BCUT2D eigenvalue weighted by Crippen LogP contribution is 2.27. The highest BCUT2D eigenvalue weighted by molar-refractivity contribution is 6.30. The Morgan fingerprint density at radius 1 is 1.16 bits per heavy atom. The van der Waals surface area contributed by atoms with E-state index >= 15 is 0 Å². The minimum absolute atomic E-state index is 0.129. The van der Waals surface area contributed by atoms with Gasteiger partial charge in [0.25, 0.3) is 0 Å². The molecule has 0 saturated heterocycles. The van der Waals surface area contributed by atoms with Crippen molar-refractivity contribution in [3.8, 4) is 5.75 Å². The first-order valence-electron chi connectivity index (χ1n) is 7.72. The zero-order valence-corrected chi connectivity index (χ0v) is 14.6. The summed E-state index contributed by atoms with van der Waals surface area (Å²) >= 11 is 5.96. The Hall–Kier alpha value is -2.73. The van der Waals surface area contributed by atoms with Crippen LogP contribution in [0.3, 0.4) is 0 Å². The number of hydrogen-bond acceptors (Lipinski definition) is 4. The van der Waals surface area contributed by atoms with Gasteiger partial charge in [0.2, 0.25) is 11.8 Å². The Kier molecular flexibility index (Phi) is 6.65. The first kappa shape index (κ1) is 18.6. The maximum Gasteiger partial charge on any atom is 0.226 e. The van der Waals surface area contributed by atoms with Crippen molar-refractivity contribution in [3.05, 3.63) is 53.1 Å². The van der Waals surface area contributed by atoms with Gasteiger partial charge in [-0.15, -0.1) is 0 Å². The van der Waals surface area contributed by atoms with E-state index in [4.69, 9.17) is 22.1 Å². The molecule has 0 unspecified atom stereocenters. The lowest BCUT2D eigenvalue weighted by Gasteiger charge is -2.11. The fourth-order valence-corrected chi connectivity index (χ4v) is 2.43. The molecule has 0 bridgehead atoms. The molecule has 0 radical (unpaired) electrons. The van der Waals surface area contributed by atoms with Gasteiger partial charge in [0.15, 0.2) is 0 Å². The van der Waals surface area contributed by atoms with Crippen molar-refractivity contribution in [1.29, 1.82) is 0 Å². The van der Waals surface area contributed by atoms with Crippen LogP contribution in [-0.4, -0.2) is 25.5 Å². The molecule has 2 rings (SSSR count). The van der Waals surface area contributed by atoms with Gasteiger partial charge < -0.3 is 21.1 Å². The summed E-state index contributed by atoms with van der Waals surface area (Å²) in [6, 6.07) is 12.2. The molecule has 4 N–H and O–H groups in total. The molecular formula is C18H20ClN3O3. The predicted octanol–water partition coefficient (Wildman–Crippen LogP) is 2.82. The molecule has 0 heterocycles. The number of primary amides is 1. The number of amides is 2. The summed E-state index contributed by atoms with van der Waals surface area (Å²) in [6.45, 7) is 0.433. The van der Waals surface area contributed by atoms with Gasteiger partial charge in [0, 0.05) is 23.7 Å². The van der Waals surface area contributed by atoms with Gasteiger partial charge in [-0.05, 0) is 35.9 Å². The minimum atomic E-state index is -0.390. The molecule has 25 heavy (non-hydrogen) atoms. The molecule has 0 aliphatic rings. The number of methoxy groups -OCH3 is 1. The van der Waals surface area contributed by atoms with Gasteiger partial charge in [0.05, 0.1) is 19.2 Å². The van der Waals surface area contributed by atoms with Crippen LogP contribution in [0.2, 0.25) is 5.02 Å². The van der Waals surface area contributed by atoms with Gasteiger partial charge in [-0.1, -0.05) is 23.7 Å². The van der Waals surface area contributed by atoms with Crippen molar-refractivity contribution in [2.45, 2.75) is 12.8 Å². The quantitative estimate of drug-likeness (QED) is 0.674. The summed E-state index contributed by atoms with van der Waals surface area (Å²) in [6.07, 6.45) is 0.457. The fraction of sp³-hybridized carbons (Fsp3) is 0.222. The molecule has 0 spiro atoms. The summed E-state index contributed by atoms with van der Waals surface area (Å²) < 4.78 is 5.24. The first-order valence-corrected chi connectivity index (χ1v) is 8.10. The number of nitrogens with two attached hydrogens (primary N) is 1. The lowest BCUT2D eigenvalue weighted by molar-refractivity contribution is -0.117. The maximum atomic E-state index is 12.0. The van der Waals surface area contributed by atoms with Crippen molar-refractivity contribution < 1.29 is 14.3 Å². The van der Waals surface area contributed by atoms with Crippen LogP contribution < -0.4 is 21.1 Å². The number of anilines is 2. The topological polar surface area (TPSA) is 93.4 Å². The van der Waals surface area contributed by atoms with E-state index in [1.807, 2.05) is 0 Å². The molecule has 0 atom stereocenters. The number of rotatable bonds is 8. The second-order valence-corrected chi connectivity index (χ2v) is 5.85. The molecular weight excluding hydrogens is 342 g/mol. The highest BCUT2D eigenvalue weighted by atomic mass is 35.5. The number of halogens is 1. The van der Waals surface area contributed by atoms with Crippen molar-refractivity contribution >= 4 is 34.8 Å². The van der Waals surface area contributed by atoms with Crippen LogP contribution in [0.5, 0.6) is 5.75 Å². The summed E-state index contributed by atoms with van der Waals surface area (Å²) in [5.41, 5.74) is 7.35. The number of carbonyl (C=O) groups is 2. The van der Waals surface area contributed by atoms with E-state index in [9.17, 15) is 9.59 Å². The zero-order chi connectivity index (χ0) is 18.2. The molecule has 0 aromatic heterocycles.